The van der Waals surface area contributed by atoms with Gasteiger partial charge in [0.1, 0.15) is 12.3 Å². The van der Waals surface area contributed by atoms with E-state index in [4.69, 9.17) is 23.5 Å². The van der Waals surface area contributed by atoms with E-state index >= 15 is 0 Å². The summed E-state index contributed by atoms with van der Waals surface area (Å²) >= 11 is 0. The fourth-order valence-electron chi connectivity index (χ4n) is 4.54. The molecule has 39 heavy (non-hydrogen) atoms. The van der Waals surface area contributed by atoms with Crippen molar-refractivity contribution in [3.63, 3.8) is 0 Å². The molecule has 210 valence electrons. The molecule has 4 rings (SSSR count). The molecule has 9 heteroatoms. The summed E-state index contributed by atoms with van der Waals surface area (Å²) in [6.45, 7) is 7.62. The molecule has 2 aromatic carbocycles. The summed E-state index contributed by atoms with van der Waals surface area (Å²) in [5.41, 5.74) is 2.38. The minimum Gasteiger partial charge on any atom is -0.493 e. The highest BCUT2D eigenvalue weighted by atomic mass is 16.5. The first-order chi connectivity index (χ1) is 19.0. The number of likely N-dealkylation sites (tertiary alicyclic amines) is 1. The van der Waals surface area contributed by atoms with Gasteiger partial charge in [0.05, 0.1) is 26.5 Å². The van der Waals surface area contributed by atoms with Gasteiger partial charge in [0.2, 0.25) is 0 Å². The maximum atomic E-state index is 13.5. The van der Waals surface area contributed by atoms with E-state index in [0.29, 0.717) is 49.3 Å². The lowest BCUT2D eigenvalue weighted by atomic mass is 10.1. The van der Waals surface area contributed by atoms with Crippen molar-refractivity contribution in [2.24, 2.45) is 0 Å². The maximum Gasteiger partial charge on any atom is 0.255 e. The molecule has 0 spiro atoms. The molecule has 0 bridgehead atoms. The topological polar surface area (TPSA) is 86.5 Å². The zero-order valence-electron chi connectivity index (χ0n) is 23.3. The predicted octanol–water partition coefficient (Wildman–Crippen LogP) is 4.86. The van der Waals surface area contributed by atoms with Crippen LogP contribution in [0.2, 0.25) is 0 Å². The van der Waals surface area contributed by atoms with Crippen molar-refractivity contribution >= 4 is 5.91 Å². The van der Waals surface area contributed by atoms with Gasteiger partial charge in [-0.05, 0) is 38.5 Å². The van der Waals surface area contributed by atoms with E-state index in [-0.39, 0.29) is 18.1 Å². The molecule has 1 fully saturated rings. The summed E-state index contributed by atoms with van der Waals surface area (Å²) in [5, 5.41) is 4.16. The van der Waals surface area contributed by atoms with Crippen LogP contribution >= 0.6 is 0 Å². The van der Waals surface area contributed by atoms with Crippen LogP contribution in [0.3, 0.4) is 0 Å². The Bertz CT molecular complexity index is 1180. The van der Waals surface area contributed by atoms with E-state index < -0.39 is 0 Å². The van der Waals surface area contributed by atoms with Crippen LogP contribution in [0.5, 0.6) is 11.5 Å². The third-order valence-corrected chi connectivity index (χ3v) is 6.72. The van der Waals surface area contributed by atoms with E-state index in [9.17, 15) is 4.79 Å². The first-order valence-corrected chi connectivity index (χ1v) is 13.4. The smallest absolute Gasteiger partial charge is 0.255 e. The maximum absolute atomic E-state index is 13.5. The number of carbonyl (C=O) groups excluding carboxylic acids is 1. The van der Waals surface area contributed by atoms with Crippen LogP contribution in [0, 0.1) is 0 Å². The number of carbonyl (C=O) groups is 1. The molecular weight excluding hydrogens is 498 g/mol. The van der Waals surface area contributed by atoms with Crippen LogP contribution in [0.1, 0.15) is 42.8 Å². The Hall–Kier alpha value is -3.40. The molecule has 0 saturated carbocycles. The van der Waals surface area contributed by atoms with Gasteiger partial charge < -0.3 is 28.4 Å². The molecule has 0 radical (unpaired) electrons. The third-order valence-electron chi connectivity index (χ3n) is 6.72. The molecule has 1 amide bonds. The van der Waals surface area contributed by atoms with Crippen LogP contribution in [0.15, 0.2) is 59.1 Å². The van der Waals surface area contributed by atoms with Crippen molar-refractivity contribution in [2.45, 2.75) is 45.4 Å². The first kappa shape index (κ1) is 28.6. The molecule has 0 aliphatic carbocycles. The van der Waals surface area contributed by atoms with Gasteiger partial charge in [0.25, 0.3) is 5.91 Å². The lowest BCUT2D eigenvalue weighted by molar-refractivity contribution is 0.0267. The van der Waals surface area contributed by atoms with Crippen LogP contribution < -0.4 is 9.47 Å². The Kier molecular flexibility index (Phi) is 10.4. The van der Waals surface area contributed by atoms with Gasteiger partial charge in [-0.15, -0.1) is 0 Å². The second-order valence-corrected chi connectivity index (χ2v) is 9.91. The first-order valence-electron chi connectivity index (χ1n) is 13.4. The number of aromatic nitrogens is 1. The van der Waals surface area contributed by atoms with Gasteiger partial charge in [-0.1, -0.05) is 35.5 Å². The minimum atomic E-state index is -0.0473. The highest BCUT2D eigenvalue weighted by molar-refractivity contribution is 5.95. The Labute approximate surface area is 230 Å². The Balaban J connectivity index is 1.32. The average molecular weight is 538 g/mol. The molecule has 0 N–H and O–H groups in total. The monoisotopic (exact) mass is 537 g/mol. The summed E-state index contributed by atoms with van der Waals surface area (Å²) in [4.78, 5) is 17.7. The highest BCUT2D eigenvalue weighted by Gasteiger charge is 2.28. The number of amides is 1. The summed E-state index contributed by atoms with van der Waals surface area (Å²) in [6, 6.07) is 17.2. The highest BCUT2D eigenvalue weighted by Crippen LogP contribution is 2.29. The van der Waals surface area contributed by atoms with Crippen molar-refractivity contribution in [1.29, 1.82) is 0 Å². The molecule has 1 saturated heterocycles. The molecular formula is C30H39N3O6. The molecule has 2 heterocycles. The quantitative estimate of drug-likeness (QED) is 0.270. The van der Waals surface area contributed by atoms with Gasteiger partial charge in [-0.2, -0.15) is 0 Å². The van der Waals surface area contributed by atoms with Crippen molar-refractivity contribution in [3.8, 4) is 22.8 Å². The number of methoxy groups -OCH3 is 2. The number of nitrogens with zero attached hydrogens (tertiary/aromatic N) is 3. The van der Waals surface area contributed by atoms with Crippen molar-refractivity contribution in [3.05, 3.63) is 65.9 Å². The van der Waals surface area contributed by atoms with Gasteiger partial charge in [0, 0.05) is 56.5 Å². The van der Waals surface area contributed by atoms with Gasteiger partial charge in [0.15, 0.2) is 17.3 Å². The largest absolute Gasteiger partial charge is 0.493 e. The van der Waals surface area contributed by atoms with E-state index in [1.54, 1.807) is 32.4 Å². The molecule has 1 aliphatic heterocycles. The summed E-state index contributed by atoms with van der Waals surface area (Å²) < 4.78 is 28.0. The Morgan fingerprint density at radius 1 is 1.10 bits per heavy atom. The summed E-state index contributed by atoms with van der Waals surface area (Å²) in [6.07, 6.45) is 1.70. The molecule has 9 nitrogen and oxygen atoms in total. The van der Waals surface area contributed by atoms with E-state index in [1.807, 2.05) is 55.1 Å². The van der Waals surface area contributed by atoms with Gasteiger partial charge in [-0.25, -0.2) is 0 Å². The number of hydrogen-bond donors (Lipinski definition) is 0. The Morgan fingerprint density at radius 2 is 1.92 bits per heavy atom. The van der Waals surface area contributed by atoms with Gasteiger partial charge in [-0.3, -0.25) is 9.69 Å². The molecule has 3 aromatic rings. The van der Waals surface area contributed by atoms with E-state index in [1.165, 1.54) is 0 Å². The Morgan fingerprint density at radius 3 is 2.67 bits per heavy atom. The van der Waals surface area contributed by atoms with Crippen LogP contribution in [-0.4, -0.2) is 80.2 Å². The zero-order chi connectivity index (χ0) is 27.6. The normalized spacial score (nSPS) is 15.6. The predicted molar refractivity (Wildman–Crippen MR) is 148 cm³/mol. The summed E-state index contributed by atoms with van der Waals surface area (Å²) in [5.74, 6) is 1.81. The zero-order valence-corrected chi connectivity index (χ0v) is 23.3. The SMILES string of the molecule is COCCCOc1cc(C(=O)N(CN2CC[C@@H](OCc3cc(-c4ccccc4)no3)C2)C(C)C)ccc1OC. The molecule has 1 aromatic heterocycles. The molecule has 0 unspecified atom stereocenters. The van der Waals surface area contributed by atoms with Crippen molar-refractivity contribution in [2.75, 3.05) is 47.2 Å². The lowest BCUT2D eigenvalue weighted by Gasteiger charge is -2.31. The summed E-state index contributed by atoms with van der Waals surface area (Å²) in [7, 11) is 3.25. The average Bonchev–Trinajstić information content (AvgIpc) is 3.62. The molecule has 1 atom stereocenters. The van der Waals surface area contributed by atoms with E-state index in [0.717, 1.165) is 37.2 Å². The third kappa shape index (κ3) is 7.81. The second kappa shape index (κ2) is 14.1. The molecule has 1 aliphatic rings. The van der Waals surface area contributed by atoms with Crippen LogP contribution in [0.25, 0.3) is 11.3 Å². The van der Waals surface area contributed by atoms with Crippen molar-refractivity contribution < 1.29 is 28.3 Å². The van der Waals surface area contributed by atoms with Crippen molar-refractivity contribution in [1.82, 2.24) is 15.0 Å². The van der Waals surface area contributed by atoms with Crippen LogP contribution in [-0.2, 0) is 16.1 Å². The minimum absolute atomic E-state index is 0.0243. The number of hydrogen-bond acceptors (Lipinski definition) is 8. The fourth-order valence-corrected chi connectivity index (χ4v) is 4.54. The fraction of sp³-hybridized carbons (Fsp3) is 0.467. The van der Waals surface area contributed by atoms with Gasteiger partial charge >= 0.3 is 0 Å². The number of ether oxygens (including phenoxy) is 4. The lowest BCUT2D eigenvalue weighted by Crippen LogP contribution is -2.44. The van der Waals surface area contributed by atoms with E-state index in [2.05, 4.69) is 10.1 Å². The second-order valence-electron chi connectivity index (χ2n) is 9.91. The standard InChI is InChI=1S/C30H39N3O6/c1-22(2)33(30(34)24-11-12-28(36-4)29(17-24)37-16-8-15-35-3)21-32-14-13-25(19-32)38-20-26-18-27(31-39-26)23-9-6-5-7-10-23/h5-7,9-12,17-18,22,25H,8,13-16,19-21H2,1-4H3/t25-/m1/s1. The number of rotatable bonds is 14. The van der Waals surface area contributed by atoms with Crippen LogP contribution in [0.4, 0.5) is 0 Å². The number of benzene rings is 2.